The van der Waals surface area contributed by atoms with Gasteiger partial charge in [0.05, 0.1) is 18.5 Å². The minimum Gasteiger partial charge on any atom is -0.494 e. The summed E-state index contributed by atoms with van der Waals surface area (Å²) in [7, 11) is 1.99. The van der Waals surface area contributed by atoms with Crippen LogP contribution in [0.3, 0.4) is 0 Å². The molecule has 26 heavy (non-hydrogen) atoms. The molecule has 0 amide bonds. The molecular weight excluding hydrogens is 330 g/mol. The first kappa shape index (κ1) is 16.3. The number of benzene rings is 2. The maximum atomic E-state index is 5.47. The highest BCUT2D eigenvalue weighted by atomic mass is 16.7. The summed E-state index contributed by atoms with van der Waals surface area (Å²) in [6.07, 6.45) is 1.86. The monoisotopic (exact) mass is 351 g/mol. The van der Waals surface area contributed by atoms with Gasteiger partial charge in [-0.1, -0.05) is 12.1 Å². The maximum Gasteiger partial charge on any atom is 0.231 e. The van der Waals surface area contributed by atoms with Gasteiger partial charge in [-0.15, -0.1) is 0 Å². The van der Waals surface area contributed by atoms with Gasteiger partial charge in [0, 0.05) is 19.2 Å². The van der Waals surface area contributed by atoms with Gasteiger partial charge in [0.15, 0.2) is 11.5 Å². The second-order valence-corrected chi connectivity index (χ2v) is 6.02. The van der Waals surface area contributed by atoms with Crippen molar-refractivity contribution in [2.24, 2.45) is 7.05 Å². The van der Waals surface area contributed by atoms with E-state index in [2.05, 4.69) is 22.4 Å². The molecule has 0 aliphatic carbocycles. The minimum absolute atomic E-state index is 0.277. The van der Waals surface area contributed by atoms with Crippen LogP contribution in [0.25, 0.3) is 11.3 Å². The number of nitrogens with zero attached hydrogens (tertiary/aromatic N) is 2. The van der Waals surface area contributed by atoms with E-state index in [4.69, 9.17) is 14.2 Å². The van der Waals surface area contributed by atoms with Crippen molar-refractivity contribution in [2.45, 2.75) is 13.5 Å². The van der Waals surface area contributed by atoms with E-state index in [1.807, 2.05) is 55.1 Å². The van der Waals surface area contributed by atoms with E-state index < -0.39 is 0 Å². The molecule has 1 N–H and O–H groups in total. The molecule has 3 aromatic rings. The fraction of sp³-hybridized carbons (Fsp3) is 0.250. The summed E-state index contributed by atoms with van der Waals surface area (Å²) in [6, 6.07) is 14.0. The summed E-state index contributed by atoms with van der Waals surface area (Å²) in [4.78, 5) is 4.50. The van der Waals surface area contributed by atoms with Crippen molar-refractivity contribution in [3.05, 3.63) is 54.2 Å². The van der Waals surface area contributed by atoms with Crippen molar-refractivity contribution < 1.29 is 14.2 Å². The van der Waals surface area contributed by atoms with Gasteiger partial charge in [-0.2, -0.15) is 0 Å². The first-order chi connectivity index (χ1) is 12.7. The fourth-order valence-electron chi connectivity index (χ4n) is 2.95. The van der Waals surface area contributed by atoms with E-state index in [0.29, 0.717) is 13.2 Å². The third kappa shape index (κ3) is 3.18. The average Bonchev–Trinajstić information content (AvgIpc) is 3.27. The van der Waals surface area contributed by atoms with Gasteiger partial charge in [0.1, 0.15) is 5.75 Å². The lowest BCUT2D eigenvalue weighted by Crippen LogP contribution is -2.05. The maximum absolute atomic E-state index is 5.47. The Hall–Kier alpha value is -3.15. The van der Waals surface area contributed by atoms with Crippen LogP contribution >= 0.6 is 0 Å². The van der Waals surface area contributed by atoms with Crippen LogP contribution in [0.5, 0.6) is 17.2 Å². The molecule has 4 rings (SSSR count). The van der Waals surface area contributed by atoms with Crippen molar-refractivity contribution in [1.82, 2.24) is 9.55 Å². The normalized spacial score (nSPS) is 12.2. The minimum atomic E-state index is 0.277. The van der Waals surface area contributed by atoms with Crippen LogP contribution in [0.15, 0.2) is 48.7 Å². The third-order valence-corrected chi connectivity index (χ3v) is 4.34. The lowest BCUT2D eigenvalue weighted by molar-refractivity contribution is 0.174. The highest BCUT2D eigenvalue weighted by Crippen LogP contribution is 2.36. The molecule has 6 nitrogen and oxygen atoms in total. The Morgan fingerprint density at radius 3 is 2.73 bits per heavy atom. The second-order valence-electron chi connectivity index (χ2n) is 6.02. The van der Waals surface area contributed by atoms with Crippen LogP contribution in [-0.4, -0.2) is 23.0 Å². The number of hydrogen-bond acceptors (Lipinski definition) is 5. The van der Waals surface area contributed by atoms with Gasteiger partial charge in [-0.25, -0.2) is 4.98 Å². The first-order valence-corrected chi connectivity index (χ1v) is 8.62. The predicted octanol–water partition coefficient (Wildman–Crippen LogP) is 3.83. The zero-order valence-corrected chi connectivity index (χ0v) is 14.9. The van der Waals surface area contributed by atoms with Crippen molar-refractivity contribution in [3.8, 4) is 28.5 Å². The lowest BCUT2D eigenvalue weighted by atomic mass is 10.1. The van der Waals surface area contributed by atoms with Crippen LogP contribution < -0.4 is 19.5 Å². The van der Waals surface area contributed by atoms with Crippen molar-refractivity contribution >= 4 is 5.95 Å². The van der Waals surface area contributed by atoms with E-state index in [-0.39, 0.29) is 6.79 Å². The topological polar surface area (TPSA) is 57.5 Å². The molecule has 2 aromatic carbocycles. The molecule has 0 unspecified atom stereocenters. The fourth-order valence-corrected chi connectivity index (χ4v) is 2.95. The van der Waals surface area contributed by atoms with Crippen LogP contribution in [0.2, 0.25) is 0 Å². The highest BCUT2D eigenvalue weighted by molar-refractivity contribution is 5.66. The summed E-state index contributed by atoms with van der Waals surface area (Å²) >= 11 is 0. The number of nitrogens with one attached hydrogen (secondary N) is 1. The van der Waals surface area contributed by atoms with Crippen LogP contribution in [0, 0.1) is 0 Å². The summed E-state index contributed by atoms with van der Waals surface area (Å²) in [5.41, 5.74) is 3.22. The Morgan fingerprint density at radius 1 is 1.12 bits per heavy atom. The first-order valence-electron chi connectivity index (χ1n) is 8.62. The van der Waals surface area contributed by atoms with Crippen molar-refractivity contribution in [1.29, 1.82) is 0 Å². The van der Waals surface area contributed by atoms with Gasteiger partial charge in [-0.3, -0.25) is 0 Å². The van der Waals surface area contributed by atoms with Crippen LogP contribution in [0.4, 0.5) is 5.95 Å². The van der Waals surface area contributed by atoms with Crippen molar-refractivity contribution in [3.63, 3.8) is 0 Å². The van der Waals surface area contributed by atoms with Crippen LogP contribution in [-0.2, 0) is 13.6 Å². The van der Waals surface area contributed by atoms with E-state index in [1.165, 1.54) is 5.56 Å². The number of imidazole rings is 1. The standard InChI is InChI=1S/C20H21N3O3/c1-3-24-16-7-4-14(5-8-16)11-21-20-22-12-17(23(20)2)15-6-9-18-19(10-15)26-13-25-18/h4-10,12H,3,11,13H2,1-2H3,(H,21,22). The van der Waals surface area contributed by atoms with Gasteiger partial charge < -0.3 is 24.1 Å². The average molecular weight is 351 g/mol. The Labute approximate surface area is 152 Å². The van der Waals surface area contributed by atoms with Gasteiger partial charge >= 0.3 is 0 Å². The third-order valence-electron chi connectivity index (χ3n) is 4.34. The van der Waals surface area contributed by atoms with E-state index in [0.717, 1.165) is 34.5 Å². The second kappa shape index (κ2) is 7.00. The Bertz CT molecular complexity index is 903. The van der Waals surface area contributed by atoms with E-state index >= 15 is 0 Å². The summed E-state index contributed by atoms with van der Waals surface area (Å²) in [5, 5.41) is 3.38. The van der Waals surface area contributed by atoms with E-state index in [1.54, 1.807) is 0 Å². The predicted molar refractivity (Wildman–Crippen MR) is 99.7 cm³/mol. The molecule has 0 fully saturated rings. The molecule has 134 valence electrons. The van der Waals surface area contributed by atoms with Gasteiger partial charge in [0.25, 0.3) is 0 Å². The zero-order chi connectivity index (χ0) is 17.9. The number of rotatable bonds is 6. The number of aromatic nitrogens is 2. The number of fused-ring (bicyclic) bond motifs is 1. The van der Waals surface area contributed by atoms with Gasteiger partial charge in [0.2, 0.25) is 12.7 Å². The quantitative estimate of drug-likeness (QED) is 0.731. The molecule has 0 saturated heterocycles. The smallest absolute Gasteiger partial charge is 0.231 e. The molecule has 0 spiro atoms. The summed E-state index contributed by atoms with van der Waals surface area (Å²) < 4.78 is 18.3. The van der Waals surface area contributed by atoms with Crippen molar-refractivity contribution in [2.75, 3.05) is 18.7 Å². The number of ether oxygens (including phenoxy) is 3. The Kier molecular flexibility index (Phi) is 4.39. The lowest BCUT2D eigenvalue weighted by Gasteiger charge is -2.09. The Morgan fingerprint density at radius 2 is 1.92 bits per heavy atom. The van der Waals surface area contributed by atoms with E-state index in [9.17, 15) is 0 Å². The largest absolute Gasteiger partial charge is 0.494 e. The highest BCUT2D eigenvalue weighted by Gasteiger charge is 2.16. The molecule has 1 aromatic heterocycles. The zero-order valence-electron chi connectivity index (χ0n) is 14.9. The van der Waals surface area contributed by atoms with Crippen LogP contribution in [0.1, 0.15) is 12.5 Å². The Balaban J connectivity index is 1.47. The summed E-state index contributed by atoms with van der Waals surface area (Å²) in [6.45, 7) is 3.62. The number of anilines is 1. The molecule has 2 heterocycles. The number of hydrogen-bond donors (Lipinski definition) is 1. The van der Waals surface area contributed by atoms with Gasteiger partial charge in [-0.05, 0) is 42.8 Å². The molecule has 6 heteroatoms. The molecule has 0 bridgehead atoms. The molecular formula is C20H21N3O3. The summed E-state index contributed by atoms with van der Waals surface area (Å²) in [5.74, 6) is 3.25. The molecule has 0 radical (unpaired) electrons. The SMILES string of the molecule is CCOc1ccc(CNc2ncc(-c3ccc4c(c3)OCO4)n2C)cc1. The molecule has 0 saturated carbocycles. The molecule has 0 atom stereocenters. The molecule has 1 aliphatic rings. The molecule has 1 aliphatic heterocycles.